The van der Waals surface area contributed by atoms with Gasteiger partial charge < -0.3 is 9.84 Å². The normalized spacial score (nSPS) is 11.0. The van der Waals surface area contributed by atoms with Crippen LogP contribution in [0.5, 0.6) is 5.75 Å². The third-order valence-corrected chi connectivity index (χ3v) is 3.55. The van der Waals surface area contributed by atoms with Crippen molar-refractivity contribution in [3.8, 4) is 5.75 Å². The Morgan fingerprint density at radius 2 is 1.63 bits per heavy atom. The molecule has 0 fully saturated rings. The van der Waals surface area contributed by atoms with Gasteiger partial charge in [0.1, 0.15) is 5.75 Å². The Bertz CT molecular complexity index is 868. The summed E-state index contributed by atoms with van der Waals surface area (Å²) in [4.78, 5) is 41.6. The first-order chi connectivity index (χ1) is 12.6. The monoisotopic (exact) mass is 371 g/mol. The van der Waals surface area contributed by atoms with Gasteiger partial charge in [0.25, 0.3) is 5.91 Å². The second kappa shape index (κ2) is 8.01. The number of carboxylic acid groups (broad SMARTS) is 1. The topological polar surface area (TPSA) is 102 Å². The number of carboxylic acids is 1. The molecule has 142 valence electrons. The molecule has 7 heteroatoms. The maximum absolute atomic E-state index is 12.6. The first kappa shape index (κ1) is 20.1. The largest absolute Gasteiger partial charge is 0.478 e. The first-order valence-corrected chi connectivity index (χ1v) is 8.22. The summed E-state index contributed by atoms with van der Waals surface area (Å²) < 4.78 is 5.35. The van der Waals surface area contributed by atoms with Gasteiger partial charge in [0, 0.05) is 0 Å². The zero-order valence-corrected chi connectivity index (χ0v) is 15.5. The van der Waals surface area contributed by atoms with Crippen molar-refractivity contribution in [3.63, 3.8) is 0 Å². The molecule has 0 heterocycles. The van der Waals surface area contributed by atoms with E-state index in [9.17, 15) is 19.5 Å². The molecular formula is C20H21NO6. The first-order valence-electron chi connectivity index (χ1n) is 8.22. The summed E-state index contributed by atoms with van der Waals surface area (Å²) in [7, 11) is 0. The molecule has 0 saturated heterocycles. The standard InChI is InChI=1S/C20H21NO6/c1-12-14(18(23)24)10-11-15(16(12)17(22)21-27-20(2,3)4)26-19(25)13-8-6-5-7-9-13/h5-11H,1-4H3,(H,21,22)(H,23,24). The summed E-state index contributed by atoms with van der Waals surface area (Å²) >= 11 is 0. The maximum Gasteiger partial charge on any atom is 0.343 e. The average molecular weight is 371 g/mol. The van der Waals surface area contributed by atoms with Crippen LogP contribution in [0.2, 0.25) is 0 Å². The van der Waals surface area contributed by atoms with Gasteiger partial charge in [0.05, 0.1) is 22.3 Å². The lowest BCUT2D eigenvalue weighted by Gasteiger charge is -2.20. The predicted molar refractivity (Wildman–Crippen MR) is 97.8 cm³/mol. The molecule has 0 aliphatic rings. The van der Waals surface area contributed by atoms with Crippen LogP contribution in [0.1, 0.15) is 57.4 Å². The van der Waals surface area contributed by atoms with E-state index in [1.54, 1.807) is 51.1 Å². The molecule has 0 spiro atoms. The molecule has 0 aromatic heterocycles. The van der Waals surface area contributed by atoms with E-state index in [0.717, 1.165) is 0 Å². The van der Waals surface area contributed by atoms with Gasteiger partial charge in [-0.1, -0.05) is 18.2 Å². The summed E-state index contributed by atoms with van der Waals surface area (Å²) in [6.07, 6.45) is 0. The number of amides is 1. The van der Waals surface area contributed by atoms with Crippen molar-refractivity contribution in [2.45, 2.75) is 33.3 Å². The molecule has 2 N–H and O–H groups in total. The number of nitrogens with one attached hydrogen (secondary N) is 1. The number of hydrogen-bond acceptors (Lipinski definition) is 5. The van der Waals surface area contributed by atoms with Crippen LogP contribution in [-0.4, -0.2) is 28.6 Å². The SMILES string of the molecule is Cc1c(C(=O)O)ccc(OC(=O)c2ccccc2)c1C(=O)NOC(C)(C)C. The number of carbonyl (C=O) groups is 3. The van der Waals surface area contributed by atoms with Crippen LogP contribution in [0.3, 0.4) is 0 Å². The van der Waals surface area contributed by atoms with Gasteiger partial charge in [-0.15, -0.1) is 0 Å². The minimum Gasteiger partial charge on any atom is -0.478 e. The van der Waals surface area contributed by atoms with Crippen molar-refractivity contribution >= 4 is 17.8 Å². The third kappa shape index (κ3) is 5.15. The highest BCUT2D eigenvalue weighted by Gasteiger charge is 2.24. The van der Waals surface area contributed by atoms with E-state index in [-0.39, 0.29) is 22.4 Å². The van der Waals surface area contributed by atoms with Crippen LogP contribution in [0, 0.1) is 6.92 Å². The molecule has 2 rings (SSSR count). The Kier molecular flexibility index (Phi) is 5.97. The van der Waals surface area contributed by atoms with Crippen LogP contribution in [0.15, 0.2) is 42.5 Å². The molecule has 0 saturated carbocycles. The number of benzene rings is 2. The van der Waals surface area contributed by atoms with Crippen LogP contribution in [0.4, 0.5) is 0 Å². The highest BCUT2D eigenvalue weighted by molar-refractivity contribution is 6.03. The number of aromatic carboxylic acids is 1. The average Bonchev–Trinajstić information content (AvgIpc) is 2.59. The van der Waals surface area contributed by atoms with E-state index < -0.39 is 23.4 Å². The highest BCUT2D eigenvalue weighted by atomic mass is 16.7. The van der Waals surface area contributed by atoms with E-state index in [1.165, 1.54) is 19.1 Å². The Hall–Kier alpha value is -3.19. The highest BCUT2D eigenvalue weighted by Crippen LogP contribution is 2.27. The minimum absolute atomic E-state index is 0.0543. The lowest BCUT2D eigenvalue weighted by Crippen LogP contribution is -2.34. The van der Waals surface area contributed by atoms with Crippen LogP contribution in [0.25, 0.3) is 0 Å². The summed E-state index contributed by atoms with van der Waals surface area (Å²) in [5, 5.41) is 9.31. The van der Waals surface area contributed by atoms with Gasteiger partial charge in [-0.2, -0.15) is 0 Å². The Morgan fingerprint density at radius 1 is 1.00 bits per heavy atom. The zero-order valence-electron chi connectivity index (χ0n) is 15.5. The molecule has 0 radical (unpaired) electrons. The second-order valence-corrected chi connectivity index (χ2v) is 6.82. The maximum atomic E-state index is 12.6. The van der Waals surface area contributed by atoms with Gasteiger partial charge in [-0.3, -0.25) is 9.63 Å². The van der Waals surface area contributed by atoms with Crippen molar-refractivity contribution in [1.82, 2.24) is 5.48 Å². The Balaban J connectivity index is 2.41. The van der Waals surface area contributed by atoms with Crippen molar-refractivity contribution in [3.05, 3.63) is 64.7 Å². The van der Waals surface area contributed by atoms with Crippen LogP contribution < -0.4 is 10.2 Å². The van der Waals surface area contributed by atoms with Gasteiger partial charge in [-0.05, 0) is 57.5 Å². The number of hydroxylamine groups is 1. The number of esters is 1. The molecule has 27 heavy (non-hydrogen) atoms. The molecule has 0 unspecified atom stereocenters. The molecule has 1 amide bonds. The van der Waals surface area contributed by atoms with Crippen molar-refractivity contribution in [1.29, 1.82) is 0 Å². The third-order valence-electron chi connectivity index (χ3n) is 3.55. The minimum atomic E-state index is -1.20. The number of carbonyl (C=O) groups excluding carboxylic acids is 2. The van der Waals surface area contributed by atoms with E-state index in [4.69, 9.17) is 9.57 Å². The van der Waals surface area contributed by atoms with Crippen LogP contribution in [-0.2, 0) is 4.84 Å². The number of hydrogen-bond donors (Lipinski definition) is 2. The number of rotatable bonds is 5. The van der Waals surface area contributed by atoms with E-state index in [1.807, 2.05) is 0 Å². The molecule has 0 atom stereocenters. The van der Waals surface area contributed by atoms with Gasteiger partial charge in [-0.25, -0.2) is 15.1 Å². The summed E-state index contributed by atoms with van der Waals surface area (Å²) in [5.41, 5.74) is 1.93. The molecular weight excluding hydrogens is 350 g/mol. The molecule has 0 aliphatic carbocycles. The fourth-order valence-electron chi connectivity index (χ4n) is 2.27. The molecule has 7 nitrogen and oxygen atoms in total. The Morgan fingerprint density at radius 3 is 2.19 bits per heavy atom. The summed E-state index contributed by atoms with van der Waals surface area (Å²) in [6, 6.07) is 10.8. The molecule has 2 aromatic rings. The second-order valence-electron chi connectivity index (χ2n) is 6.82. The molecule has 2 aromatic carbocycles. The predicted octanol–water partition coefficient (Wildman–Crippen LogP) is 3.37. The Labute approximate surface area is 156 Å². The fourth-order valence-corrected chi connectivity index (χ4v) is 2.27. The fraction of sp³-hybridized carbons (Fsp3) is 0.250. The van der Waals surface area contributed by atoms with Gasteiger partial charge in [0.2, 0.25) is 0 Å². The lowest BCUT2D eigenvalue weighted by atomic mass is 10.0. The number of ether oxygens (including phenoxy) is 1. The van der Waals surface area contributed by atoms with Gasteiger partial charge in [0.15, 0.2) is 0 Å². The quantitative estimate of drug-likeness (QED) is 0.475. The summed E-state index contributed by atoms with van der Waals surface area (Å²) in [6.45, 7) is 6.69. The van der Waals surface area contributed by atoms with E-state index in [2.05, 4.69) is 5.48 Å². The van der Waals surface area contributed by atoms with E-state index in [0.29, 0.717) is 5.56 Å². The smallest absolute Gasteiger partial charge is 0.343 e. The molecule has 0 bridgehead atoms. The van der Waals surface area contributed by atoms with Crippen molar-refractivity contribution < 1.29 is 29.1 Å². The lowest BCUT2D eigenvalue weighted by molar-refractivity contribution is -0.0590. The van der Waals surface area contributed by atoms with Gasteiger partial charge >= 0.3 is 11.9 Å². The van der Waals surface area contributed by atoms with Crippen molar-refractivity contribution in [2.24, 2.45) is 0 Å². The van der Waals surface area contributed by atoms with Crippen LogP contribution >= 0.6 is 0 Å². The zero-order chi connectivity index (χ0) is 20.2. The molecule has 0 aliphatic heterocycles. The van der Waals surface area contributed by atoms with Crippen molar-refractivity contribution in [2.75, 3.05) is 0 Å². The summed E-state index contributed by atoms with van der Waals surface area (Å²) in [5.74, 6) is -2.62. The van der Waals surface area contributed by atoms with E-state index >= 15 is 0 Å².